The lowest BCUT2D eigenvalue weighted by atomic mass is 9.98. The summed E-state index contributed by atoms with van der Waals surface area (Å²) in [7, 11) is 1.34. The summed E-state index contributed by atoms with van der Waals surface area (Å²) in [6.07, 6.45) is 4.17. The van der Waals surface area contributed by atoms with Gasteiger partial charge in [-0.05, 0) is 67.1 Å². The number of rotatable bonds is 11. The fourth-order valence-electron chi connectivity index (χ4n) is 3.94. The number of nitrogens with one attached hydrogen (secondary N) is 3. The third kappa shape index (κ3) is 7.42. The van der Waals surface area contributed by atoms with Gasteiger partial charge in [-0.3, -0.25) is 4.79 Å². The number of carbonyl (C=O) groups excluding carboxylic acids is 2. The van der Waals surface area contributed by atoms with Crippen molar-refractivity contribution in [2.75, 3.05) is 37.5 Å². The summed E-state index contributed by atoms with van der Waals surface area (Å²) >= 11 is 6.27. The molecule has 33 heavy (non-hydrogen) atoms. The molecule has 0 radical (unpaired) electrons. The lowest BCUT2D eigenvalue weighted by Crippen LogP contribution is -2.42. The summed E-state index contributed by atoms with van der Waals surface area (Å²) in [6, 6.07) is 15.5. The molecule has 178 valence electrons. The molecule has 1 fully saturated rings. The van der Waals surface area contributed by atoms with E-state index in [9.17, 15) is 9.59 Å². The van der Waals surface area contributed by atoms with Crippen molar-refractivity contribution in [2.45, 2.75) is 36.6 Å². The largest absolute Gasteiger partial charge is 0.467 e. The van der Waals surface area contributed by atoms with E-state index in [1.807, 2.05) is 54.8 Å². The minimum Gasteiger partial charge on any atom is -0.467 e. The molecule has 0 unspecified atom stereocenters. The lowest BCUT2D eigenvalue weighted by Gasteiger charge is -2.19. The van der Waals surface area contributed by atoms with E-state index in [4.69, 9.17) is 4.74 Å². The number of anilines is 1. The van der Waals surface area contributed by atoms with E-state index >= 15 is 0 Å². The Labute approximate surface area is 206 Å². The van der Waals surface area contributed by atoms with E-state index in [0.29, 0.717) is 29.7 Å². The normalized spacial score (nSPS) is 18.5. The van der Waals surface area contributed by atoms with Crippen molar-refractivity contribution < 1.29 is 14.3 Å². The van der Waals surface area contributed by atoms with Crippen LogP contribution >= 0.6 is 24.4 Å². The quantitative estimate of drug-likeness (QED) is 0.288. The van der Waals surface area contributed by atoms with Gasteiger partial charge >= 0.3 is 5.97 Å². The van der Waals surface area contributed by atoms with Gasteiger partial charge in [0.1, 0.15) is 6.04 Å². The molecule has 2 aromatic carbocycles. The van der Waals surface area contributed by atoms with Crippen molar-refractivity contribution in [1.29, 1.82) is 0 Å². The van der Waals surface area contributed by atoms with Crippen molar-refractivity contribution in [3.63, 3.8) is 0 Å². The molecule has 1 aliphatic heterocycles. The number of methoxy groups -OCH3 is 1. The Balaban J connectivity index is 1.80. The number of thioether (sulfide) groups is 1. The van der Waals surface area contributed by atoms with Gasteiger partial charge in [0.2, 0.25) is 0 Å². The molecule has 0 aromatic heterocycles. The summed E-state index contributed by atoms with van der Waals surface area (Å²) < 4.78 is 4.90. The summed E-state index contributed by atoms with van der Waals surface area (Å²) in [5, 5.41) is 10.2. The highest BCUT2D eigenvalue weighted by atomic mass is 32.2. The first kappa shape index (κ1) is 25.5. The Kier molecular flexibility index (Phi) is 9.96. The number of hydrogen-bond acceptors (Lipinski definition) is 7. The molecule has 1 saturated heterocycles. The van der Waals surface area contributed by atoms with E-state index in [1.165, 1.54) is 7.11 Å². The van der Waals surface area contributed by atoms with Crippen LogP contribution in [0.5, 0.6) is 0 Å². The predicted molar refractivity (Wildman–Crippen MR) is 140 cm³/mol. The van der Waals surface area contributed by atoms with Gasteiger partial charge in [-0.15, -0.1) is 0 Å². The Bertz CT molecular complexity index is 926. The highest BCUT2D eigenvalue weighted by molar-refractivity contribution is 7.98. The maximum absolute atomic E-state index is 13.2. The van der Waals surface area contributed by atoms with Crippen LogP contribution in [-0.4, -0.2) is 61.4 Å². The van der Waals surface area contributed by atoms with Crippen molar-refractivity contribution >= 4 is 42.0 Å². The van der Waals surface area contributed by atoms with Crippen molar-refractivity contribution in [3.05, 3.63) is 65.2 Å². The van der Waals surface area contributed by atoms with E-state index in [-0.39, 0.29) is 5.91 Å². The van der Waals surface area contributed by atoms with Gasteiger partial charge in [0, 0.05) is 29.1 Å². The number of carbonyl (C=O) groups is 2. The molecule has 0 aliphatic carbocycles. The minimum absolute atomic E-state index is 0.267. The molecule has 8 heteroatoms. The molecule has 0 spiro atoms. The molecule has 3 atom stereocenters. The van der Waals surface area contributed by atoms with E-state index in [0.717, 1.165) is 42.1 Å². The molecule has 3 rings (SSSR count). The molecule has 1 amide bonds. The Morgan fingerprint density at radius 3 is 2.70 bits per heavy atom. The van der Waals surface area contributed by atoms with Crippen LogP contribution in [0.4, 0.5) is 5.69 Å². The van der Waals surface area contributed by atoms with Crippen LogP contribution in [0.25, 0.3) is 0 Å². The molecule has 1 heterocycles. The molecule has 6 nitrogen and oxygen atoms in total. The van der Waals surface area contributed by atoms with Gasteiger partial charge in [0.05, 0.1) is 7.11 Å². The second-order valence-corrected chi connectivity index (χ2v) is 9.81. The average Bonchev–Trinajstić information content (AvgIpc) is 3.25. The van der Waals surface area contributed by atoms with Gasteiger partial charge in [-0.1, -0.05) is 30.3 Å². The monoisotopic (exact) mass is 487 g/mol. The number of ether oxygens (including phenoxy) is 1. The summed E-state index contributed by atoms with van der Waals surface area (Å²) in [5.74, 6) is 0.0590. The number of thiol groups is 1. The van der Waals surface area contributed by atoms with Crippen LogP contribution in [-0.2, 0) is 16.0 Å². The first-order valence-electron chi connectivity index (χ1n) is 11.2. The highest BCUT2D eigenvalue weighted by Crippen LogP contribution is 2.21. The van der Waals surface area contributed by atoms with Crippen LogP contribution < -0.4 is 16.0 Å². The third-order valence-electron chi connectivity index (χ3n) is 5.83. The minimum atomic E-state index is -0.668. The second-order valence-electron chi connectivity index (χ2n) is 8.16. The van der Waals surface area contributed by atoms with Gasteiger partial charge in [0.25, 0.3) is 5.91 Å². The molecule has 3 N–H and O–H groups in total. The van der Waals surface area contributed by atoms with Crippen LogP contribution in [0.15, 0.2) is 48.5 Å². The van der Waals surface area contributed by atoms with Crippen molar-refractivity contribution in [3.8, 4) is 0 Å². The molecule has 1 aliphatic rings. The van der Waals surface area contributed by atoms with Gasteiger partial charge in [-0.25, -0.2) is 4.79 Å². The highest BCUT2D eigenvalue weighted by Gasteiger charge is 2.24. The molecular formula is C25H33N3O3S2. The number of benzene rings is 2. The van der Waals surface area contributed by atoms with Crippen LogP contribution in [0.2, 0.25) is 0 Å². The lowest BCUT2D eigenvalue weighted by molar-refractivity contribution is -0.142. The fraction of sp³-hybridized carbons (Fsp3) is 0.440. The third-order valence-corrected chi connectivity index (χ3v) is 7.09. The zero-order valence-corrected chi connectivity index (χ0v) is 20.9. The van der Waals surface area contributed by atoms with Crippen LogP contribution in [0, 0.1) is 0 Å². The van der Waals surface area contributed by atoms with Gasteiger partial charge < -0.3 is 20.7 Å². The molecule has 2 aromatic rings. The summed E-state index contributed by atoms with van der Waals surface area (Å²) in [6.45, 7) is 1.75. The van der Waals surface area contributed by atoms with Crippen LogP contribution in [0.1, 0.15) is 34.3 Å². The van der Waals surface area contributed by atoms with Gasteiger partial charge in [-0.2, -0.15) is 24.4 Å². The SMILES string of the molecule is COC(=O)[C@H](CCSC)NC(=O)c1ccc(NC[C@@H]2NCC[C@@H]2S)cc1Cc1ccccc1. The smallest absolute Gasteiger partial charge is 0.328 e. The first-order chi connectivity index (χ1) is 16.0. The topological polar surface area (TPSA) is 79.5 Å². The Morgan fingerprint density at radius 1 is 1.24 bits per heavy atom. The first-order valence-corrected chi connectivity index (χ1v) is 13.1. The van der Waals surface area contributed by atoms with Crippen molar-refractivity contribution in [2.24, 2.45) is 0 Å². The van der Waals surface area contributed by atoms with E-state index in [2.05, 4.69) is 28.6 Å². The Hall–Kier alpha value is -2.16. The predicted octanol–water partition coefficient (Wildman–Crippen LogP) is 3.37. The van der Waals surface area contributed by atoms with Crippen LogP contribution in [0.3, 0.4) is 0 Å². The summed E-state index contributed by atoms with van der Waals surface area (Å²) in [4.78, 5) is 25.4. The van der Waals surface area contributed by atoms with E-state index < -0.39 is 12.0 Å². The zero-order chi connectivity index (χ0) is 23.6. The standard InChI is InChI=1S/C25H33N3O3S2/c1-31-25(30)21(11-13-33-2)28-24(29)20-9-8-19(27-16-22-23(32)10-12-26-22)15-18(20)14-17-6-4-3-5-7-17/h3-9,15,21-23,26-27,32H,10-14,16H2,1-2H3,(H,28,29)/t21-,22-,23-/m0/s1. The average molecular weight is 488 g/mol. The Morgan fingerprint density at radius 2 is 2.03 bits per heavy atom. The number of esters is 1. The molecule has 0 saturated carbocycles. The maximum atomic E-state index is 13.2. The molecule has 0 bridgehead atoms. The van der Waals surface area contributed by atoms with Gasteiger partial charge in [0.15, 0.2) is 0 Å². The van der Waals surface area contributed by atoms with E-state index in [1.54, 1.807) is 11.8 Å². The van der Waals surface area contributed by atoms with Crippen molar-refractivity contribution in [1.82, 2.24) is 10.6 Å². The second kappa shape index (κ2) is 12.9. The maximum Gasteiger partial charge on any atom is 0.328 e. The number of hydrogen-bond donors (Lipinski definition) is 4. The number of amides is 1. The fourth-order valence-corrected chi connectivity index (χ4v) is 4.75. The summed E-state index contributed by atoms with van der Waals surface area (Å²) in [5.41, 5.74) is 3.54. The zero-order valence-electron chi connectivity index (χ0n) is 19.2. The molecular weight excluding hydrogens is 454 g/mol.